The Balaban J connectivity index is 0.000000566. The summed E-state index contributed by atoms with van der Waals surface area (Å²) in [6.45, 7) is 7.04. The van der Waals surface area contributed by atoms with Crippen LogP contribution in [0.5, 0.6) is 0 Å². The average Bonchev–Trinajstić information content (AvgIpc) is 2.74. The SMILES string of the molecule is C1COCCOCCOCCOCCOCCO1.F[B-](F)(F)F.O[I+]c1ccccc1. The maximum absolute atomic E-state index is 9.75. The predicted molar refractivity (Wildman–Crippen MR) is 102 cm³/mol. The Bertz CT molecular complexity index is 409. The van der Waals surface area contributed by atoms with Crippen LogP contribution in [0.2, 0.25) is 0 Å². The molecule has 0 unspecified atom stereocenters. The Morgan fingerprint density at radius 2 is 0.774 bits per heavy atom. The van der Waals surface area contributed by atoms with Crippen molar-refractivity contribution >= 4 is 7.25 Å². The Morgan fingerprint density at radius 1 is 0.548 bits per heavy atom. The van der Waals surface area contributed by atoms with Gasteiger partial charge in [-0.25, -0.2) is 0 Å². The molecule has 0 aliphatic carbocycles. The average molecular weight is 572 g/mol. The molecule has 13 heteroatoms. The lowest BCUT2D eigenvalue weighted by atomic mass is 10.3. The second-order valence-corrected chi connectivity index (χ2v) is 7.28. The summed E-state index contributed by atoms with van der Waals surface area (Å²) in [7, 11) is -6.00. The largest absolute Gasteiger partial charge is 0.673 e. The number of hydrogen-bond donors (Lipinski definition) is 1. The van der Waals surface area contributed by atoms with Gasteiger partial charge in [0.2, 0.25) is 3.57 Å². The molecule has 0 aromatic heterocycles. The summed E-state index contributed by atoms with van der Waals surface area (Å²) in [5, 5.41) is 0. The number of ether oxygens (including phenoxy) is 6. The zero-order valence-corrected chi connectivity index (χ0v) is 19.4. The summed E-state index contributed by atoms with van der Waals surface area (Å²) in [6, 6.07) is 9.69. The van der Waals surface area contributed by atoms with Gasteiger partial charge in [0, 0.05) is 0 Å². The zero-order valence-electron chi connectivity index (χ0n) is 17.2. The first-order valence-corrected chi connectivity index (χ1v) is 11.6. The summed E-state index contributed by atoms with van der Waals surface area (Å²) >= 11 is -0.691. The van der Waals surface area contributed by atoms with E-state index in [2.05, 4.69) is 0 Å². The monoisotopic (exact) mass is 572 g/mol. The standard InChI is InChI=1S/C12H24O6.C6H6IO.BF4/c1-2-14-5-6-16-9-10-18-12-11-17-8-7-15-4-3-13-1;8-7-6-4-2-1-3-5-6;2-1(3,4)5/h1-12H2;1-5,8H;/q;+1;-1. The molecule has 1 fully saturated rings. The van der Waals surface area contributed by atoms with Gasteiger partial charge in [0.1, 0.15) is 0 Å². The van der Waals surface area contributed by atoms with Crippen LogP contribution in [0.15, 0.2) is 30.3 Å². The first kappa shape index (κ1) is 30.5. The fraction of sp³-hybridized carbons (Fsp3) is 0.667. The van der Waals surface area contributed by atoms with Gasteiger partial charge in [0.25, 0.3) is 0 Å². The van der Waals surface area contributed by atoms with E-state index in [0.29, 0.717) is 79.3 Å². The van der Waals surface area contributed by atoms with Crippen LogP contribution in [0, 0.1) is 3.57 Å². The molecule has 1 N–H and O–H groups in total. The highest BCUT2D eigenvalue weighted by Crippen LogP contribution is 2.06. The van der Waals surface area contributed by atoms with Crippen molar-refractivity contribution in [3.8, 4) is 0 Å². The molecule has 0 radical (unpaired) electrons. The van der Waals surface area contributed by atoms with Crippen molar-refractivity contribution in [2.24, 2.45) is 0 Å². The van der Waals surface area contributed by atoms with Crippen LogP contribution in [-0.2, 0) is 28.4 Å². The molecule has 0 spiro atoms. The lowest BCUT2D eigenvalue weighted by Crippen LogP contribution is -3.61. The van der Waals surface area contributed by atoms with Gasteiger partial charge in [0.15, 0.2) is 0 Å². The minimum Gasteiger partial charge on any atom is -0.418 e. The van der Waals surface area contributed by atoms with Gasteiger partial charge in [-0.2, -0.15) is 3.44 Å². The molecule has 1 aliphatic rings. The minimum absolute atomic E-state index is 0.586. The van der Waals surface area contributed by atoms with Gasteiger partial charge in [-0.05, 0) is 12.1 Å². The molecule has 182 valence electrons. The Labute approximate surface area is 191 Å². The predicted octanol–water partition coefficient (Wildman–Crippen LogP) is -0.748. The van der Waals surface area contributed by atoms with Crippen molar-refractivity contribution < 1.29 is 70.7 Å². The highest BCUT2D eigenvalue weighted by atomic mass is 127. The van der Waals surface area contributed by atoms with Crippen LogP contribution >= 0.6 is 0 Å². The highest BCUT2D eigenvalue weighted by molar-refractivity contribution is 6.50. The molecular weight excluding hydrogens is 542 g/mol. The topological polar surface area (TPSA) is 75.6 Å². The molecule has 1 aromatic rings. The van der Waals surface area contributed by atoms with E-state index in [1.807, 2.05) is 30.3 Å². The van der Waals surface area contributed by atoms with E-state index in [-0.39, 0.29) is 0 Å². The second-order valence-electron chi connectivity index (χ2n) is 5.55. The summed E-state index contributed by atoms with van der Waals surface area (Å²) < 4.78 is 80.7. The molecule has 7 nitrogen and oxygen atoms in total. The van der Waals surface area contributed by atoms with E-state index in [1.165, 1.54) is 0 Å². The van der Waals surface area contributed by atoms with Gasteiger partial charge >= 0.3 is 28.9 Å². The first-order chi connectivity index (χ1) is 14.9. The van der Waals surface area contributed by atoms with Crippen molar-refractivity contribution in [2.75, 3.05) is 79.3 Å². The lowest BCUT2D eigenvalue weighted by Gasteiger charge is -2.09. The van der Waals surface area contributed by atoms with Crippen LogP contribution in [0.3, 0.4) is 0 Å². The summed E-state index contributed by atoms with van der Waals surface area (Å²) in [4.78, 5) is 0. The number of hydrogen-bond acceptors (Lipinski definition) is 7. The summed E-state index contributed by atoms with van der Waals surface area (Å²) in [6.07, 6.45) is 0. The van der Waals surface area contributed by atoms with E-state index in [9.17, 15) is 17.3 Å². The molecule has 1 heterocycles. The molecule has 1 aromatic carbocycles. The fourth-order valence-electron chi connectivity index (χ4n) is 1.79. The third kappa shape index (κ3) is 29.5. The van der Waals surface area contributed by atoms with Crippen molar-refractivity contribution in [2.45, 2.75) is 0 Å². The number of benzene rings is 1. The molecule has 1 saturated heterocycles. The van der Waals surface area contributed by atoms with E-state index in [4.69, 9.17) is 31.9 Å². The molecule has 1 aliphatic heterocycles. The Morgan fingerprint density at radius 3 is 0.935 bits per heavy atom. The van der Waals surface area contributed by atoms with Crippen LogP contribution < -0.4 is 21.6 Å². The quantitative estimate of drug-likeness (QED) is 0.270. The highest BCUT2D eigenvalue weighted by Gasteiger charge is 2.20. The molecule has 31 heavy (non-hydrogen) atoms. The van der Waals surface area contributed by atoms with E-state index in [0.717, 1.165) is 3.57 Å². The van der Waals surface area contributed by atoms with Crippen molar-refractivity contribution in [1.29, 1.82) is 0 Å². The maximum atomic E-state index is 9.75. The molecule has 0 atom stereocenters. The van der Waals surface area contributed by atoms with Gasteiger partial charge in [-0.3, -0.25) is 0 Å². The van der Waals surface area contributed by atoms with Gasteiger partial charge in [-0.15, -0.1) is 0 Å². The third-order valence-corrected chi connectivity index (χ3v) is 4.34. The molecule has 2 rings (SSSR count). The van der Waals surface area contributed by atoms with Gasteiger partial charge < -0.3 is 45.7 Å². The van der Waals surface area contributed by atoms with Crippen molar-refractivity contribution in [3.05, 3.63) is 33.9 Å². The molecule has 0 saturated carbocycles. The van der Waals surface area contributed by atoms with Crippen LogP contribution in [0.1, 0.15) is 0 Å². The maximum Gasteiger partial charge on any atom is 0.673 e. The van der Waals surface area contributed by atoms with E-state index in [1.54, 1.807) is 0 Å². The summed E-state index contributed by atoms with van der Waals surface area (Å²) in [5.41, 5.74) is 0. The Hall–Kier alpha value is -0.545. The van der Waals surface area contributed by atoms with Crippen LogP contribution in [0.25, 0.3) is 0 Å². The normalized spacial score (nSPS) is 18.2. The number of halogens is 5. The van der Waals surface area contributed by atoms with E-state index >= 15 is 0 Å². The lowest BCUT2D eigenvalue weighted by molar-refractivity contribution is -0.866. The van der Waals surface area contributed by atoms with E-state index < -0.39 is 28.9 Å². The summed E-state index contributed by atoms with van der Waals surface area (Å²) in [5.74, 6) is 0. The molecule has 0 amide bonds. The van der Waals surface area contributed by atoms with Crippen LogP contribution in [-0.4, -0.2) is 90.0 Å². The van der Waals surface area contributed by atoms with Gasteiger partial charge in [-0.1, -0.05) is 18.2 Å². The fourth-order valence-corrected chi connectivity index (χ4v) is 2.53. The second kappa shape index (κ2) is 22.6. The Kier molecular flexibility index (Phi) is 22.2. The molecule has 0 bridgehead atoms. The van der Waals surface area contributed by atoms with Gasteiger partial charge in [0.05, 0.1) is 79.3 Å². The smallest absolute Gasteiger partial charge is 0.418 e. The molecular formula is C18H30BF4IO7. The van der Waals surface area contributed by atoms with Crippen molar-refractivity contribution in [3.63, 3.8) is 0 Å². The van der Waals surface area contributed by atoms with Crippen molar-refractivity contribution in [1.82, 2.24) is 0 Å². The minimum atomic E-state index is -6.00. The third-order valence-electron chi connectivity index (χ3n) is 3.06. The zero-order chi connectivity index (χ0) is 23.0. The first-order valence-electron chi connectivity index (χ1n) is 9.61. The number of rotatable bonds is 1. The van der Waals surface area contributed by atoms with Crippen LogP contribution in [0.4, 0.5) is 17.3 Å².